The van der Waals surface area contributed by atoms with Gasteiger partial charge in [-0.15, -0.1) is 0 Å². The van der Waals surface area contributed by atoms with E-state index in [0.717, 1.165) is 11.3 Å². The van der Waals surface area contributed by atoms with Gasteiger partial charge in [-0.25, -0.2) is 9.78 Å². The van der Waals surface area contributed by atoms with Crippen LogP contribution in [0.4, 0.5) is 5.82 Å². The maximum absolute atomic E-state index is 13.2. The Morgan fingerprint density at radius 2 is 1.90 bits per heavy atom. The van der Waals surface area contributed by atoms with Crippen LogP contribution in [0.5, 0.6) is 0 Å². The standard InChI is InChI=1S/C23H22N4O3S/c1-3-30-22(29)17-16(15-12-8-9-13-24-15)18-20(26-23(31-4-2)27-21(18)28)25-19(17)14-10-6-5-7-11-14/h5-13,16H,3-4H2,1-2H3,(H2,25,26,27,28). The van der Waals surface area contributed by atoms with Gasteiger partial charge in [-0.2, -0.15) is 0 Å². The number of carbonyl (C=O) groups is 1. The molecule has 0 spiro atoms. The summed E-state index contributed by atoms with van der Waals surface area (Å²) in [5.41, 5.74) is 2.31. The summed E-state index contributed by atoms with van der Waals surface area (Å²) in [7, 11) is 0. The molecule has 3 heterocycles. The number of anilines is 1. The lowest BCUT2D eigenvalue weighted by Gasteiger charge is -2.29. The molecule has 158 valence electrons. The number of hydrogen-bond donors (Lipinski definition) is 2. The van der Waals surface area contributed by atoms with E-state index in [1.807, 2.05) is 43.3 Å². The van der Waals surface area contributed by atoms with Crippen LogP contribution in [0.15, 0.2) is 70.3 Å². The fourth-order valence-corrected chi connectivity index (χ4v) is 4.20. The number of esters is 1. The minimum atomic E-state index is -0.719. The largest absolute Gasteiger partial charge is 0.463 e. The Morgan fingerprint density at radius 3 is 2.58 bits per heavy atom. The highest BCUT2D eigenvalue weighted by Gasteiger charge is 2.38. The van der Waals surface area contributed by atoms with Crippen molar-refractivity contribution in [1.29, 1.82) is 0 Å². The minimum Gasteiger partial charge on any atom is -0.463 e. The third-order valence-electron chi connectivity index (χ3n) is 4.85. The lowest BCUT2D eigenvalue weighted by atomic mass is 9.83. The Morgan fingerprint density at radius 1 is 1.13 bits per heavy atom. The molecule has 8 heteroatoms. The van der Waals surface area contributed by atoms with Crippen molar-refractivity contribution in [2.24, 2.45) is 0 Å². The third-order valence-corrected chi connectivity index (χ3v) is 5.60. The summed E-state index contributed by atoms with van der Waals surface area (Å²) in [6, 6.07) is 14.9. The Hall–Kier alpha value is -3.39. The van der Waals surface area contributed by atoms with Gasteiger partial charge >= 0.3 is 5.97 Å². The van der Waals surface area contributed by atoms with Crippen LogP contribution in [0, 0.1) is 0 Å². The van der Waals surface area contributed by atoms with Crippen LogP contribution in [-0.4, -0.2) is 33.3 Å². The van der Waals surface area contributed by atoms with Crippen LogP contribution in [-0.2, 0) is 9.53 Å². The first-order valence-electron chi connectivity index (χ1n) is 10.1. The molecule has 7 nitrogen and oxygen atoms in total. The SMILES string of the molecule is CCOC(=O)C1=C(c2ccccc2)Nc2nc(SCC)[nH]c(=O)c2C1c1ccccn1. The van der Waals surface area contributed by atoms with E-state index in [0.29, 0.717) is 33.5 Å². The Kier molecular flexibility index (Phi) is 6.18. The number of ether oxygens (including phenoxy) is 1. The molecule has 2 N–H and O–H groups in total. The average Bonchev–Trinajstić information content (AvgIpc) is 2.79. The van der Waals surface area contributed by atoms with E-state index in [-0.39, 0.29) is 12.2 Å². The Balaban J connectivity index is 2.02. The summed E-state index contributed by atoms with van der Waals surface area (Å²) >= 11 is 1.44. The highest BCUT2D eigenvalue weighted by Crippen LogP contribution is 2.42. The van der Waals surface area contributed by atoms with E-state index in [2.05, 4.69) is 20.3 Å². The number of fused-ring (bicyclic) bond motifs is 1. The van der Waals surface area contributed by atoms with Crippen molar-refractivity contribution in [2.45, 2.75) is 24.9 Å². The highest BCUT2D eigenvalue weighted by atomic mass is 32.2. The normalized spacial score (nSPS) is 15.2. The van der Waals surface area contributed by atoms with E-state index < -0.39 is 11.9 Å². The molecule has 2 aromatic heterocycles. The molecule has 0 saturated carbocycles. The van der Waals surface area contributed by atoms with Gasteiger partial charge in [-0.05, 0) is 30.4 Å². The summed E-state index contributed by atoms with van der Waals surface area (Å²) in [6.07, 6.45) is 1.64. The van der Waals surface area contributed by atoms with E-state index in [4.69, 9.17) is 4.74 Å². The van der Waals surface area contributed by atoms with Crippen molar-refractivity contribution in [3.63, 3.8) is 0 Å². The number of pyridine rings is 1. The van der Waals surface area contributed by atoms with Crippen molar-refractivity contribution in [3.05, 3.63) is 87.5 Å². The van der Waals surface area contributed by atoms with Crippen molar-refractivity contribution >= 4 is 29.2 Å². The Labute approximate surface area is 184 Å². The van der Waals surface area contributed by atoms with Gasteiger partial charge in [0.05, 0.1) is 35.1 Å². The van der Waals surface area contributed by atoms with Crippen LogP contribution in [0.2, 0.25) is 0 Å². The van der Waals surface area contributed by atoms with Gasteiger partial charge in [-0.3, -0.25) is 9.78 Å². The summed E-state index contributed by atoms with van der Waals surface area (Å²) in [6.45, 7) is 3.96. The van der Waals surface area contributed by atoms with Gasteiger partial charge in [0.2, 0.25) is 0 Å². The van der Waals surface area contributed by atoms with Gasteiger partial charge in [0.25, 0.3) is 5.56 Å². The molecular formula is C23H22N4O3S. The highest BCUT2D eigenvalue weighted by molar-refractivity contribution is 7.99. The molecule has 1 atom stereocenters. The lowest BCUT2D eigenvalue weighted by molar-refractivity contribution is -0.138. The van der Waals surface area contributed by atoms with Crippen molar-refractivity contribution in [1.82, 2.24) is 15.0 Å². The molecule has 1 aromatic carbocycles. The maximum atomic E-state index is 13.2. The van der Waals surface area contributed by atoms with Crippen LogP contribution in [0.25, 0.3) is 5.70 Å². The van der Waals surface area contributed by atoms with Gasteiger partial charge in [0.1, 0.15) is 5.82 Å². The number of nitrogens with one attached hydrogen (secondary N) is 2. The molecule has 0 aliphatic carbocycles. The zero-order valence-electron chi connectivity index (χ0n) is 17.2. The fraction of sp³-hybridized carbons (Fsp3) is 0.217. The zero-order valence-corrected chi connectivity index (χ0v) is 18.0. The van der Waals surface area contributed by atoms with E-state index in [9.17, 15) is 9.59 Å². The molecule has 0 fully saturated rings. The molecule has 1 aliphatic heterocycles. The van der Waals surface area contributed by atoms with Gasteiger partial charge in [0.15, 0.2) is 5.16 Å². The van der Waals surface area contributed by atoms with E-state index in [1.165, 1.54) is 11.8 Å². The second kappa shape index (κ2) is 9.18. The number of thioether (sulfide) groups is 1. The molecular weight excluding hydrogens is 412 g/mol. The predicted octanol–water partition coefficient (Wildman–Crippen LogP) is 3.81. The zero-order chi connectivity index (χ0) is 21.8. The minimum absolute atomic E-state index is 0.215. The smallest absolute Gasteiger partial charge is 0.337 e. The molecule has 0 bridgehead atoms. The first kappa shape index (κ1) is 20.9. The van der Waals surface area contributed by atoms with E-state index in [1.54, 1.807) is 25.3 Å². The first-order valence-corrected chi connectivity index (χ1v) is 11.0. The molecule has 1 unspecified atom stereocenters. The van der Waals surface area contributed by atoms with Crippen LogP contribution in [0.3, 0.4) is 0 Å². The number of benzene rings is 1. The van der Waals surface area contributed by atoms with Crippen molar-refractivity contribution in [3.8, 4) is 0 Å². The summed E-state index contributed by atoms with van der Waals surface area (Å²) in [5, 5.41) is 3.77. The van der Waals surface area contributed by atoms with Crippen LogP contribution < -0.4 is 10.9 Å². The number of carbonyl (C=O) groups excluding carboxylic acids is 1. The van der Waals surface area contributed by atoms with Crippen LogP contribution >= 0.6 is 11.8 Å². The number of aromatic amines is 1. The maximum Gasteiger partial charge on any atom is 0.337 e. The van der Waals surface area contributed by atoms with Crippen LogP contribution in [0.1, 0.15) is 36.6 Å². The molecule has 0 saturated heterocycles. The van der Waals surface area contributed by atoms with Gasteiger partial charge < -0.3 is 15.0 Å². The van der Waals surface area contributed by atoms with Gasteiger partial charge in [0, 0.05) is 6.20 Å². The lowest BCUT2D eigenvalue weighted by Crippen LogP contribution is -2.31. The molecule has 31 heavy (non-hydrogen) atoms. The first-order chi connectivity index (χ1) is 15.1. The summed E-state index contributed by atoms with van der Waals surface area (Å²) < 4.78 is 5.40. The molecule has 3 aromatic rings. The number of nitrogens with zero attached hydrogens (tertiary/aromatic N) is 2. The number of rotatable bonds is 6. The predicted molar refractivity (Wildman–Crippen MR) is 121 cm³/mol. The topological polar surface area (TPSA) is 97.0 Å². The second-order valence-electron chi connectivity index (χ2n) is 6.75. The number of hydrogen-bond acceptors (Lipinski definition) is 7. The van der Waals surface area contributed by atoms with E-state index >= 15 is 0 Å². The molecule has 0 amide bonds. The fourth-order valence-electron chi connectivity index (χ4n) is 3.61. The Bertz CT molecular complexity index is 1180. The van der Waals surface area contributed by atoms with Crippen molar-refractivity contribution < 1.29 is 9.53 Å². The second-order valence-corrected chi connectivity index (χ2v) is 8.01. The summed E-state index contributed by atoms with van der Waals surface area (Å²) in [4.78, 5) is 38.3. The van der Waals surface area contributed by atoms with Gasteiger partial charge in [-0.1, -0.05) is 55.1 Å². The average molecular weight is 435 g/mol. The monoisotopic (exact) mass is 434 g/mol. The third kappa shape index (κ3) is 4.11. The number of aromatic nitrogens is 3. The molecule has 4 rings (SSSR count). The van der Waals surface area contributed by atoms with Crippen molar-refractivity contribution in [2.75, 3.05) is 17.7 Å². The molecule has 1 aliphatic rings. The number of H-pyrrole nitrogens is 1. The molecule has 0 radical (unpaired) electrons. The quantitative estimate of drug-likeness (QED) is 0.346. The summed E-state index contributed by atoms with van der Waals surface area (Å²) in [5.74, 6) is -0.0339.